The van der Waals surface area contributed by atoms with E-state index in [2.05, 4.69) is 31.9 Å². The third-order valence-electron chi connectivity index (χ3n) is 2.21. The fourth-order valence-electron chi connectivity index (χ4n) is 1.60. The summed E-state index contributed by atoms with van der Waals surface area (Å²) in [4.78, 5) is 10.7. The van der Waals surface area contributed by atoms with Crippen molar-refractivity contribution in [2.45, 2.75) is 23.0 Å². The van der Waals surface area contributed by atoms with Gasteiger partial charge in [0.1, 0.15) is 0 Å². The molecule has 2 atom stereocenters. The topological polar surface area (TPSA) is 37.3 Å². The zero-order chi connectivity index (χ0) is 8.43. The van der Waals surface area contributed by atoms with E-state index in [-0.39, 0.29) is 15.6 Å². The lowest BCUT2D eigenvalue weighted by molar-refractivity contribution is -0.142. The smallest absolute Gasteiger partial charge is 0.306 e. The van der Waals surface area contributed by atoms with Crippen LogP contribution in [0.4, 0.5) is 0 Å². The van der Waals surface area contributed by atoms with E-state index in [9.17, 15) is 4.79 Å². The molecule has 0 heterocycles. The van der Waals surface area contributed by atoms with Gasteiger partial charge >= 0.3 is 5.97 Å². The van der Waals surface area contributed by atoms with Crippen LogP contribution in [0.5, 0.6) is 0 Å². The molecule has 0 aromatic carbocycles. The van der Waals surface area contributed by atoms with Gasteiger partial charge in [-0.2, -0.15) is 0 Å². The first-order chi connectivity index (χ1) is 5.13. The minimum absolute atomic E-state index is 0.151. The second kappa shape index (κ2) is 3.90. The van der Waals surface area contributed by atoms with Gasteiger partial charge in [0.2, 0.25) is 0 Å². The minimum atomic E-state index is -0.656. The Morgan fingerprint density at radius 1 is 1.45 bits per heavy atom. The van der Waals surface area contributed by atoms with Crippen molar-refractivity contribution in [3.8, 4) is 0 Å². The lowest BCUT2D eigenvalue weighted by Gasteiger charge is -2.16. The number of hydrogen-bond acceptors (Lipinski definition) is 1. The Labute approximate surface area is 82.6 Å². The Bertz CT molecular complexity index is 159. The van der Waals surface area contributed by atoms with Crippen LogP contribution in [0.2, 0.25) is 0 Å². The first-order valence-electron chi connectivity index (χ1n) is 3.64. The SMILES string of the molecule is O=C(O)[C@@H]1CCC[C@H]1C(Br)Br. The number of alkyl halides is 2. The molecule has 0 aromatic heterocycles. The standard InChI is InChI=1S/C7H10Br2O2/c8-6(9)4-2-1-3-5(4)7(10)11/h4-6H,1-3H2,(H,10,11)/t4-,5-/m1/s1. The first kappa shape index (κ1) is 9.52. The summed E-state index contributed by atoms with van der Waals surface area (Å²) in [6.45, 7) is 0. The van der Waals surface area contributed by atoms with Crippen LogP contribution in [-0.2, 0) is 4.79 Å². The van der Waals surface area contributed by atoms with Crippen molar-refractivity contribution in [2.24, 2.45) is 11.8 Å². The van der Waals surface area contributed by atoms with Gasteiger partial charge in [-0.1, -0.05) is 38.3 Å². The molecule has 1 N–H and O–H groups in total. The summed E-state index contributed by atoms with van der Waals surface area (Å²) in [6, 6.07) is 0. The predicted molar refractivity (Wildman–Crippen MR) is 50.1 cm³/mol. The van der Waals surface area contributed by atoms with E-state index in [0.29, 0.717) is 0 Å². The van der Waals surface area contributed by atoms with Gasteiger partial charge in [-0.05, 0) is 18.8 Å². The zero-order valence-corrected chi connectivity index (χ0v) is 9.14. The van der Waals surface area contributed by atoms with Crippen molar-refractivity contribution in [3.63, 3.8) is 0 Å². The van der Waals surface area contributed by atoms with Gasteiger partial charge in [0.25, 0.3) is 0 Å². The van der Waals surface area contributed by atoms with Crippen LogP contribution < -0.4 is 0 Å². The molecule has 1 aliphatic rings. The lowest BCUT2D eigenvalue weighted by atomic mass is 9.99. The molecule has 0 spiro atoms. The van der Waals surface area contributed by atoms with Crippen LogP contribution in [-0.4, -0.2) is 14.8 Å². The van der Waals surface area contributed by atoms with Gasteiger partial charge in [0, 0.05) is 0 Å². The zero-order valence-electron chi connectivity index (χ0n) is 5.96. The first-order valence-corrected chi connectivity index (χ1v) is 5.47. The van der Waals surface area contributed by atoms with E-state index in [0.717, 1.165) is 19.3 Å². The van der Waals surface area contributed by atoms with E-state index >= 15 is 0 Å². The summed E-state index contributed by atoms with van der Waals surface area (Å²) >= 11 is 6.73. The summed E-state index contributed by atoms with van der Waals surface area (Å²) in [5.41, 5.74) is 0. The lowest BCUT2D eigenvalue weighted by Crippen LogP contribution is -2.22. The average Bonchev–Trinajstić information content (AvgIpc) is 2.32. The van der Waals surface area contributed by atoms with Crippen LogP contribution in [0.1, 0.15) is 19.3 Å². The molecule has 1 aliphatic carbocycles. The molecule has 4 heteroatoms. The highest BCUT2D eigenvalue weighted by Crippen LogP contribution is 2.39. The van der Waals surface area contributed by atoms with Gasteiger partial charge in [0.05, 0.1) is 9.65 Å². The molecule has 11 heavy (non-hydrogen) atoms. The summed E-state index contributed by atoms with van der Waals surface area (Å²) in [5.74, 6) is -0.553. The Morgan fingerprint density at radius 2 is 2.09 bits per heavy atom. The van der Waals surface area contributed by atoms with Crippen molar-refractivity contribution in [1.29, 1.82) is 0 Å². The number of carboxylic acid groups (broad SMARTS) is 1. The van der Waals surface area contributed by atoms with Crippen molar-refractivity contribution in [1.82, 2.24) is 0 Å². The molecule has 0 radical (unpaired) electrons. The number of carboxylic acids is 1. The van der Waals surface area contributed by atoms with Crippen molar-refractivity contribution in [3.05, 3.63) is 0 Å². The number of aliphatic carboxylic acids is 1. The van der Waals surface area contributed by atoms with Crippen LogP contribution >= 0.6 is 31.9 Å². The van der Waals surface area contributed by atoms with Crippen molar-refractivity contribution in [2.75, 3.05) is 0 Å². The Balaban J connectivity index is 2.58. The van der Waals surface area contributed by atoms with Crippen LogP contribution in [0.3, 0.4) is 0 Å². The van der Waals surface area contributed by atoms with Gasteiger partial charge in [-0.25, -0.2) is 0 Å². The molecule has 0 aromatic rings. The van der Waals surface area contributed by atoms with E-state index in [1.165, 1.54) is 0 Å². The highest BCUT2D eigenvalue weighted by molar-refractivity contribution is 9.24. The molecule has 1 fully saturated rings. The Morgan fingerprint density at radius 3 is 2.45 bits per heavy atom. The normalized spacial score (nSPS) is 31.2. The second-order valence-electron chi connectivity index (χ2n) is 2.87. The van der Waals surface area contributed by atoms with Crippen LogP contribution in [0, 0.1) is 11.8 Å². The van der Waals surface area contributed by atoms with Crippen molar-refractivity contribution < 1.29 is 9.90 Å². The molecular weight excluding hydrogens is 276 g/mol. The van der Waals surface area contributed by atoms with Gasteiger partial charge < -0.3 is 5.11 Å². The molecule has 0 saturated heterocycles. The summed E-state index contributed by atoms with van der Waals surface area (Å²) in [5, 5.41) is 8.79. The maximum absolute atomic E-state index is 10.7. The molecule has 0 amide bonds. The van der Waals surface area contributed by atoms with E-state index < -0.39 is 5.97 Å². The summed E-state index contributed by atoms with van der Waals surface area (Å²) < 4.78 is 0.151. The highest BCUT2D eigenvalue weighted by Gasteiger charge is 2.35. The Kier molecular flexibility index (Phi) is 3.37. The highest BCUT2D eigenvalue weighted by atomic mass is 79.9. The fraction of sp³-hybridized carbons (Fsp3) is 0.857. The monoisotopic (exact) mass is 284 g/mol. The second-order valence-corrected chi connectivity index (χ2v) is 6.08. The molecule has 1 rings (SSSR count). The molecule has 0 aliphatic heterocycles. The number of rotatable bonds is 2. The number of hydrogen-bond donors (Lipinski definition) is 1. The maximum Gasteiger partial charge on any atom is 0.306 e. The summed E-state index contributed by atoms with van der Waals surface area (Å²) in [6.07, 6.45) is 2.88. The van der Waals surface area contributed by atoms with E-state index in [1.54, 1.807) is 0 Å². The number of carbonyl (C=O) groups is 1. The fourth-order valence-corrected chi connectivity index (χ4v) is 2.86. The minimum Gasteiger partial charge on any atom is -0.481 e. The van der Waals surface area contributed by atoms with Crippen LogP contribution in [0.25, 0.3) is 0 Å². The molecular formula is C7H10Br2O2. The van der Waals surface area contributed by atoms with Gasteiger partial charge in [-0.3, -0.25) is 4.79 Å². The molecule has 1 saturated carbocycles. The average molecular weight is 286 g/mol. The molecule has 2 nitrogen and oxygen atoms in total. The maximum atomic E-state index is 10.7. The van der Waals surface area contributed by atoms with Gasteiger partial charge in [0.15, 0.2) is 0 Å². The number of halogens is 2. The quantitative estimate of drug-likeness (QED) is 0.792. The van der Waals surface area contributed by atoms with Crippen molar-refractivity contribution >= 4 is 37.8 Å². The third kappa shape index (κ3) is 2.18. The van der Waals surface area contributed by atoms with Gasteiger partial charge in [-0.15, -0.1) is 0 Å². The summed E-state index contributed by atoms with van der Waals surface area (Å²) in [7, 11) is 0. The molecule has 64 valence electrons. The van der Waals surface area contributed by atoms with Crippen LogP contribution in [0.15, 0.2) is 0 Å². The predicted octanol–water partition coefficient (Wildman–Crippen LogP) is 2.60. The Hall–Kier alpha value is 0.430. The molecule has 0 bridgehead atoms. The largest absolute Gasteiger partial charge is 0.481 e. The third-order valence-corrected chi connectivity index (χ3v) is 3.57. The molecule has 0 unspecified atom stereocenters. The van der Waals surface area contributed by atoms with E-state index in [4.69, 9.17) is 5.11 Å². The van der Waals surface area contributed by atoms with E-state index in [1.807, 2.05) is 0 Å².